The second-order valence-electron chi connectivity index (χ2n) is 5.52. The maximum atomic E-state index is 12.2. The number of halogens is 1. The van der Waals surface area contributed by atoms with Crippen molar-refractivity contribution in [3.05, 3.63) is 70.8 Å². The number of carbonyl (C=O) groups is 2. The summed E-state index contributed by atoms with van der Waals surface area (Å²) in [5.74, 6) is -0.560. The van der Waals surface area contributed by atoms with E-state index >= 15 is 0 Å². The summed E-state index contributed by atoms with van der Waals surface area (Å²) in [4.78, 5) is 24.3. The predicted octanol–water partition coefficient (Wildman–Crippen LogP) is 4.13. The van der Waals surface area contributed by atoms with Crippen molar-refractivity contribution in [1.29, 1.82) is 0 Å². The van der Waals surface area contributed by atoms with Crippen LogP contribution in [0.4, 0.5) is 5.69 Å². The SMILES string of the molecule is CC(C)NC(=O)c1ccccc1NC(=O)/C=C/c1ccccc1Cl. The number of carbonyl (C=O) groups excluding carboxylic acids is 2. The fourth-order valence-corrected chi connectivity index (χ4v) is 2.28. The van der Waals surface area contributed by atoms with Crippen molar-refractivity contribution < 1.29 is 9.59 Å². The molecule has 4 nitrogen and oxygen atoms in total. The van der Waals surface area contributed by atoms with Gasteiger partial charge in [0.15, 0.2) is 0 Å². The molecule has 0 unspecified atom stereocenters. The monoisotopic (exact) mass is 342 g/mol. The number of benzene rings is 2. The smallest absolute Gasteiger partial charge is 0.253 e. The molecule has 124 valence electrons. The Bertz CT molecular complexity index is 769. The number of para-hydroxylation sites is 1. The molecule has 0 spiro atoms. The number of amides is 2. The number of hydrogen-bond acceptors (Lipinski definition) is 2. The zero-order chi connectivity index (χ0) is 17.5. The van der Waals surface area contributed by atoms with E-state index in [1.54, 1.807) is 36.4 Å². The van der Waals surface area contributed by atoms with Gasteiger partial charge in [0.2, 0.25) is 5.91 Å². The van der Waals surface area contributed by atoms with Crippen LogP contribution in [0.5, 0.6) is 0 Å². The number of hydrogen-bond donors (Lipinski definition) is 2. The van der Waals surface area contributed by atoms with E-state index in [0.29, 0.717) is 16.3 Å². The lowest BCUT2D eigenvalue weighted by atomic mass is 10.1. The molecule has 24 heavy (non-hydrogen) atoms. The third kappa shape index (κ3) is 4.96. The van der Waals surface area contributed by atoms with Gasteiger partial charge >= 0.3 is 0 Å². The van der Waals surface area contributed by atoms with Crippen LogP contribution in [0.15, 0.2) is 54.6 Å². The zero-order valence-corrected chi connectivity index (χ0v) is 14.3. The molecule has 2 aromatic carbocycles. The molecule has 2 rings (SSSR count). The summed E-state index contributed by atoms with van der Waals surface area (Å²) in [7, 11) is 0. The Labute approximate surface area is 146 Å². The number of rotatable bonds is 5. The molecule has 0 aliphatic heterocycles. The highest BCUT2D eigenvalue weighted by Crippen LogP contribution is 2.17. The van der Waals surface area contributed by atoms with E-state index in [0.717, 1.165) is 5.56 Å². The Morgan fingerprint density at radius 2 is 1.71 bits per heavy atom. The molecule has 0 atom stereocenters. The van der Waals surface area contributed by atoms with Crippen LogP contribution < -0.4 is 10.6 Å². The normalized spacial score (nSPS) is 10.8. The highest BCUT2D eigenvalue weighted by atomic mass is 35.5. The van der Waals surface area contributed by atoms with Gasteiger partial charge in [-0.2, -0.15) is 0 Å². The maximum absolute atomic E-state index is 12.2. The van der Waals surface area contributed by atoms with Crippen LogP contribution >= 0.6 is 11.6 Å². The minimum absolute atomic E-state index is 0.0152. The molecule has 0 radical (unpaired) electrons. The molecule has 0 saturated heterocycles. The Kier molecular flexibility index (Phi) is 6.15. The molecule has 0 fully saturated rings. The highest BCUT2D eigenvalue weighted by molar-refractivity contribution is 6.32. The summed E-state index contributed by atoms with van der Waals surface area (Å²) in [5.41, 5.74) is 1.63. The van der Waals surface area contributed by atoms with E-state index in [4.69, 9.17) is 11.6 Å². The molecule has 0 bridgehead atoms. The molecular weight excluding hydrogens is 324 g/mol. The van der Waals surface area contributed by atoms with Gasteiger partial charge in [-0.1, -0.05) is 41.9 Å². The quantitative estimate of drug-likeness (QED) is 0.803. The van der Waals surface area contributed by atoms with Gasteiger partial charge in [-0.05, 0) is 43.7 Å². The second-order valence-corrected chi connectivity index (χ2v) is 5.93. The lowest BCUT2D eigenvalue weighted by molar-refractivity contribution is -0.111. The van der Waals surface area contributed by atoms with Crippen LogP contribution in [0.3, 0.4) is 0 Å². The molecule has 0 aliphatic rings. The van der Waals surface area contributed by atoms with Crippen molar-refractivity contribution in [3.63, 3.8) is 0 Å². The topological polar surface area (TPSA) is 58.2 Å². The molecule has 2 N–H and O–H groups in total. The van der Waals surface area contributed by atoms with E-state index in [9.17, 15) is 9.59 Å². The van der Waals surface area contributed by atoms with Crippen LogP contribution in [0.1, 0.15) is 29.8 Å². The number of anilines is 1. The summed E-state index contributed by atoms with van der Waals surface area (Å²) >= 11 is 6.05. The summed E-state index contributed by atoms with van der Waals surface area (Å²) in [6.45, 7) is 3.76. The summed E-state index contributed by atoms with van der Waals surface area (Å²) in [6, 6.07) is 14.1. The van der Waals surface area contributed by atoms with Gasteiger partial charge in [0.05, 0.1) is 11.3 Å². The molecular formula is C19H19ClN2O2. The fourth-order valence-electron chi connectivity index (χ4n) is 2.08. The van der Waals surface area contributed by atoms with Crippen molar-refractivity contribution in [2.75, 3.05) is 5.32 Å². The first kappa shape index (κ1) is 17.8. The largest absolute Gasteiger partial charge is 0.350 e. The Morgan fingerprint density at radius 1 is 1.04 bits per heavy atom. The first-order valence-corrected chi connectivity index (χ1v) is 7.98. The molecule has 2 amide bonds. The number of nitrogens with one attached hydrogen (secondary N) is 2. The van der Waals surface area contributed by atoms with Crippen LogP contribution in [0.25, 0.3) is 6.08 Å². The van der Waals surface area contributed by atoms with Gasteiger partial charge < -0.3 is 10.6 Å². The molecule has 5 heteroatoms. The van der Waals surface area contributed by atoms with E-state index in [1.165, 1.54) is 6.08 Å². The summed E-state index contributed by atoms with van der Waals surface area (Å²) in [5, 5.41) is 6.10. The van der Waals surface area contributed by atoms with Gasteiger partial charge in [0.25, 0.3) is 5.91 Å². The third-order valence-electron chi connectivity index (χ3n) is 3.17. The van der Waals surface area contributed by atoms with Gasteiger partial charge in [-0.25, -0.2) is 0 Å². The van der Waals surface area contributed by atoms with E-state index in [2.05, 4.69) is 10.6 Å². The van der Waals surface area contributed by atoms with Crippen LogP contribution in [0.2, 0.25) is 5.02 Å². The third-order valence-corrected chi connectivity index (χ3v) is 3.51. The molecule has 0 heterocycles. The average Bonchev–Trinajstić information content (AvgIpc) is 2.54. The average molecular weight is 343 g/mol. The first-order chi connectivity index (χ1) is 11.5. The minimum atomic E-state index is -0.334. The molecule has 0 aliphatic carbocycles. The molecule has 2 aromatic rings. The van der Waals surface area contributed by atoms with Crippen molar-refractivity contribution in [2.45, 2.75) is 19.9 Å². The Balaban J connectivity index is 2.12. The van der Waals surface area contributed by atoms with Crippen LogP contribution in [0, 0.1) is 0 Å². The first-order valence-electron chi connectivity index (χ1n) is 7.61. The minimum Gasteiger partial charge on any atom is -0.350 e. The van der Waals surface area contributed by atoms with Gasteiger partial charge in [-0.3, -0.25) is 9.59 Å². The molecule has 0 saturated carbocycles. The lowest BCUT2D eigenvalue weighted by Gasteiger charge is -2.12. The van der Waals surface area contributed by atoms with Crippen molar-refractivity contribution in [1.82, 2.24) is 5.32 Å². The lowest BCUT2D eigenvalue weighted by Crippen LogP contribution is -2.30. The van der Waals surface area contributed by atoms with Gasteiger partial charge in [0.1, 0.15) is 0 Å². The summed E-state index contributed by atoms with van der Waals surface area (Å²) in [6.07, 6.45) is 3.02. The predicted molar refractivity (Wildman–Crippen MR) is 98.2 cm³/mol. The Morgan fingerprint density at radius 3 is 2.42 bits per heavy atom. The van der Waals surface area contributed by atoms with Gasteiger partial charge in [-0.15, -0.1) is 0 Å². The highest BCUT2D eigenvalue weighted by Gasteiger charge is 2.12. The molecule has 0 aromatic heterocycles. The van der Waals surface area contributed by atoms with E-state index < -0.39 is 0 Å². The van der Waals surface area contributed by atoms with Crippen molar-refractivity contribution >= 4 is 35.2 Å². The van der Waals surface area contributed by atoms with Gasteiger partial charge in [0, 0.05) is 17.1 Å². The van der Waals surface area contributed by atoms with Crippen molar-refractivity contribution in [3.8, 4) is 0 Å². The maximum Gasteiger partial charge on any atom is 0.253 e. The Hall–Kier alpha value is -2.59. The zero-order valence-electron chi connectivity index (χ0n) is 13.5. The fraction of sp³-hybridized carbons (Fsp3) is 0.158. The second kappa shape index (κ2) is 8.31. The standard InChI is InChI=1S/C19H19ClN2O2/c1-13(2)21-19(24)15-8-4-6-10-17(15)22-18(23)12-11-14-7-3-5-9-16(14)20/h3-13H,1-2H3,(H,21,24)(H,22,23)/b12-11+. The van der Waals surface area contributed by atoms with Crippen LogP contribution in [-0.4, -0.2) is 17.9 Å². The van der Waals surface area contributed by atoms with E-state index in [1.807, 2.05) is 32.0 Å². The van der Waals surface area contributed by atoms with Crippen LogP contribution in [-0.2, 0) is 4.79 Å². The van der Waals surface area contributed by atoms with Crippen molar-refractivity contribution in [2.24, 2.45) is 0 Å². The summed E-state index contributed by atoms with van der Waals surface area (Å²) < 4.78 is 0. The van der Waals surface area contributed by atoms with E-state index in [-0.39, 0.29) is 17.9 Å².